The quantitative estimate of drug-likeness (QED) is 0.894. The number of carbonyl (C=O) groups excluding carboxylic acids is 1. The molecule has 0 unspecified atom stereocenters. The van der Waals surface area contributed by atoms with Gasteiger partial charge in [0, 0.05) is 12.2 Å². The van der Waals surface area contributed by atoms with Crippen LogP contribution in [0.5, 0.6) is 11.5 Å². The maximum Gasteiger partial charge on any atom is 0.260 e. The van der Waals surface area contributed by atoms with Crippen molar-refractivity contribution in [1.29, 1.82) is 0 Å². The van der Waals surface area contributed by atoms with Crippen molar-refractivity contribution in [2.45, 2.75) is 13.3 Å². The number of ether oxygens (including phenoxy) is 2. The molecular weight excluding hydrogens is 284 g/mol. The van der Waals surface area contributed by atoms with Crippen LogP contribution in [0.2, 0.25) is 0 Å². The van der Waals surface area contributed by atoms with Crippen LogP contribution in [-0.2, 0) is 6.42 Å². The maximum atomic E-state index is 12.0. The Morgan fingerprint density at radius 1 is 1.23 bits per heavy atom. The number of rotatable bonds is 4. The highest BCUT2D eigenvalue weighted by Gasteiger charge is 2.13. The van der Waals surface area contributed by atoms with Gasteiger partial charge in [-0.15, -0.1) is 0 Å². The van der Waals surface area contributed by atoms with E-state index in [1.165, 1.54) is 6.07 Å². The molecule has 1 aliphatic rings. The van der Waals surface area contributed by atoms with Crippen molar-refractivity contribution in [2.24, 2.45) is 0 Å². The smallest absolute Gasteiger partial charge is 0.260 e. The lowest BCUT2D eigenvalue weighted by atomic mass is 10.1. The first-order valence-corrected chi connectivity index (χ1v) is 7.00. The summed E-state index contributed by atoms with van der Waals surface area (Å²) in [5.74, 6) is 1.08. The highest BCUT2D eigenvalue weighted by molar-refractivity contribution is 5.93. The second-order valence-corrected chi connectivity index (χ2v) is 5.08. The van der Waals surface area contributed by atoms with Crippen LogP contribution in [-0.4, -0.2) is 24.2 Å². The van der Waals surface area contributed by atoms with E-state index < -0.39 is 0 Å². The number of aryl methyl sites for hydroxylation is 1. The van der Waals surface area contributed by atoms with Crippen molar-refractivity contribution in [3.63, 3.8) is 0 Å². The van der Waals surface area contributed by atoms with Crippen LogP contribution < -0.4 is 20.3 Å². The molecule has 0 aliphatic carbocycles. The molecule has 0 radical (unpaired) electrons. The molecule has 1 aromatic carbocycles. The standard InChI is InChI=1S/C16H16N2O4/c1-10-2-4-12(16(20)18-10)15(19)17-7-6-11-3-5-13-14(8-11)22-9-21-13/h2-5,8H,6-7,9H2,1H3,(H,17,19)(H,18,20). The molecule has 6 heteroatoms. The molecule has 3 rings (SSSR count). The molecule has 1 aliphatic heterocycles. The summed E-state index contributed by atoms with van der Waals surface area (Å²) in [6.45, 7) is 2.44. The van der Waals surface area contributed by atoms with E-state index in [0.717, 1.165) is 22.8 Å². The van der Waals surface area contributed by atoms with Crippen LogP contribution in [0, 0.1) is 6.92 Å². The summed E-state index contributed by atoms with van der Waals surface area (Å²) in [5, 5.41) is 2.74. The van der Waals surface area contributed by atoms with Gasteiger partial charge in [-0.3, -0.25) is 9.59 Å². The van der Waals surface area contributed by atoms with E-state index in [9.17, 15) is 9.59 Å². The third-order valence-electron chi connectivity index (χ3n) is 3.44. The van der Waals surface area contributed by atoms with Crippen LogP contribution in [0.25, 0.3) is 0 Å². The van der Waals surface area contributed by atoms with E-state index in [0.29, 0.717) is 13.0 Å². The minimum absolute atomic E-state index is 0.122. The lowest BCUT2D eigenvalue weighted by molar-refractivity contribution is 0.0952. The van der Waals surface area contributed by atoms with Gasteiger partial charge in [-0.2, -0.15) is 0 Å². The van der Waals surface area contributed by atoms with Gasteiger partial charge in [0.1, 0.15) is 5.56 Å². The number of benzene rings is 1. The maximum absolute atomic E-state index is 12.0. The van der Waals surface area contributed by atoms with Crippen LogP contribution >= 0.6 is 0 Å². The van der Waals surface area contributed by atoms with Crippen molar-refractivity contribution < 1.29 is 14.3 Å². The molecule has 0 saturated heterocycles. The van der Waals surface area contributed by atoms with Crippen molar-refractivity contribution in [3.8, 4) is 11.5 Å². The molecular formula is C16H16N2O4. The fourth-order valence-corrected chi connectivity index (χ4v) is 2.26. The first-order valence-electron chi connectivity index (χ1n) is 7.00. The molecule has 1 amide bonds. The van der Waals surface area contributed by atoms with E-state index in [2.05, 4.69) is 10.3 Å². The number of aromatic nitrogens is 1. The molecule has 2 N–H and O–H groups in total. The van der Waals surface area contributed by atoms with Gasteiger partial charge in [0.25, 0.3) is 11.5 Å². The van der Waals surface area contributed by atoms with E-state index in [4.69, 9.17) is 9.47 Å². The third-order valence-corrected chi connectivity index (χ3v) is 3.44. The highest BCUT2D eigenvalue weighted by atomic mass is 16.7. The number of amides is 1. The molecule has 0 saturated carbocycles. The van der Waals surface area contributed by atoms with Gasteiger partial charge in [0.05, 0.1) is 0 Å². The lowest BCUT2D eigenvalue weighted by Gasteiger charge is -2.06. The van der Waals surface area contributed by atoms with E-state index in [1.807, 2.05) is 18.2 Å². The predicted molar refractivity (Wildman–Crippen MR) is 80.4 cm³/mol. The van der Waals surface area contributed by atoms with E-state index >= 15 is 0 Å². The molecule has 1 aromatic heterocycles. The average Bonchev–Trinajstić information content (AvgIpc) is 2.94. The first-order chi connectivity index (χ1) is 10.6. The molecule has 2 heterocycles. The second kappa shape index (κ2) is 5.93. The van der Waals surface area contributed by atoms with Gasteiger partial charge >= 0.3 is 0 Å². The van der Waals surface area contributed by atoms with Gasteiger partial charge in [-0.05, 0) is 43.2 Å². The molecule has 6 nitrogen and oxygen atoms in total. The van der Waals surface area contributed by atoms with Crippen LogP contribution in [0.4, 0.5) is 0 Å². The van der Waals surface area contributed by atoms with Crippen molar-refractivity contribution in [2.75, 3.05) is 13.3 Å². The van der Waals surface area contributed by atoms with Gasteiger partial charge < -0.3 is 19.8 Å². The fraction of sp³-hybridized carbons (Fsp3) is 0.250. The lowest BCUT2D eigenvalue weighted by Crippen LogP contribution is -2.31. The molecule has 0 fully saturated rings. The average molecular weight is 300 g/mol. The number of hydrogen-bond acceptors (Lipinski definition) is 4. The van der Waals surface area contributed by atoms with Crippen molar-refractivity contribution in [1.82, 2.24) is 10.3 Å². The summed E-state index contributed by atoms with van der Waals surface area (Å²) in [6.07, 6.45) is 0.645. The summed E-state index contributed by atoms with van der Waals surface area (Å²) in [6, 6.07) is 8.91. The Kier molecular flexibility index (Phi) is 3.82. The van der Waals surface area contributed by atoms with E-state index in [1.54, 1.807) is 13.0 Å². The van der Waals surface area contributed by atoms with Gasteiger partial charge in [-0.1, -0.05) is 6.07 Å². The Labute approximate surface area is 127 Å². The SMILES string of the molecule is Cc1ccc(C(=O)NCCc2ccc3c(c2)OCO3)c(=O)[nH]1. The zero-order chi connectivity index (χ0) is 15.5. The van der Waals surface area contributed by atoms with Crippen LogP contribution in [0.1, 0.15) is 21.6 Å². The molecule has 0 spiro atoms. The number of aromatic amines is 1. The largest absolute Gasteiger partial charge is 0.454 e. The number of H-pyrrole nitrogens is 1. The Morgan fingerprint density at radius 3 is 2.86 bits per heavy atom. The minimum Gasteiger partial charge on any atom is -0.454 e. The van der Waals surface area contributed by atoms with Crippen LogP contribution in [0.3, 0.4) is 0 Å². The fourth-order valence-electron chi connectivity index (χ4n) is 2.26. The molecule has 22 heavy (non-hydrogen) atoms. The monoisotopic (exact) mass is 300 g/mol. The predicted octanol–water partition coefficient (Wildman–Crippen LogP) is 1.38. The Hall–Kier alpha value is -2.76. The first kappa shape index (κ1) is 14.2. The normalized spacial score (nSPS) is 12.2. The number of carbonyl (C=O) groups is 1. The summed E-state index contributed by atoms with van der Waals surface area (Å²) < 4.78 is 10.6. The zero-order valence-corrected chi connectivity index (χ0v) is 12.1. The summed E-state index contributed by atoms with van der Waals surface area (Å²) >= 11 is 0. The van der Waals surface area contributed by atoms with E-state index in [-0.39, 0.29) is 23.8 Å². The Balaban J connectivity index is 1.58. The molecule has 2 aromatic rings. The van der Waals surface area contributed by atoms with Crippen LogP contribution in [0.15, 0.2) is 35.1 Å². The number of nitrogens with one attached hydrogen (secondary N) is 2. The Bertz CT molecular complexity index is 767. The molecule has 0 atom stereocenters. The topological polar surface area (TPSA) is 80.4 Å². The number of fused-ring (bicyclic) bond motifs is 1. The van der Waals surface area contributed by atoms with Crippen molar-refractivity contribution in [3.05, 3.63) is 57.5 Å². The highest BCUT2D eigenvalue weighted by Crippen LogP contribution is 2.32. The Morgan fingerprint density at radius 2 is 2.05 bits per heavy atom. The minimum atomic E-state index is -0.374. The number of hydrogen-bond donors (Lipinski definition) is 2. The van der Waals surface area contributed by atoms with Crippen molar-refractivity contribution >= 4 is 5.91 Å². The molecule has 114 valence electrons. The second-order valence-electron chi connectivity index (χ2n) is 5.08. The zero-order valence-electron chi connectivity index (χ0n) is 12.1. The third kappa shape index (κ3) is 2.95. The van der Waals surface area contributed by atoms with Gasteiger partial charge in [0.15, 0.2) is 11.5 Å². The van der Waals surface area contributed by atoms with Gasteiger partial charge in [-0.25, -0.2) is 0 Å². The molecule has 0 bridgehead atoms. The van der Waals surface area contributed by atoms with Gasteiger partial charge in [0.2, 0.25) is 6.79 Å². The summed E-state index contributed by atoms with van der Waals surface area (Å²) in [7, 11) is 0. The summed E-state index contributed by atoms with van der Waals surface area (Å²) in [4.78, 5) is 26.3. The summed E-state index contributed by atoms with van der Waals surface area (Å²) in [5.41, 5.74) is 1.50. The number of pyridine rings is 1.